The van der Waals surface area contributed by atoms with Crippen molar-refractivity contribution < 1.29 is 4.79 Å². The first-order valence-corrected chi connectivity index (χ1v) is 8.18. The number of hydrogen-bond donors (Lipinski definition) is 1. The second-order valence-corrected chi connectivity index (χ2v) is 7.15. The van der Waals surface area contributed by atoms with Gasteiger partial charge >= 0.3 is 0 Å². The lowest BCUT2D eigenvalue weighted by atomic mass is 9.88. The van der Waals surface area contributed by atoms with E-state index >= 15 is 0 Å². The van der Waals surface area contributed by atoms with Gasteiger partial charge in [-0.2, -0.15) is 0 Å². The average molecular weight is 341 g/mol. The van der Waals surface area contributed by atoms with Crippen LogP contribution in [0.5, 0.6) is 0 Å². The van der Waals surface area contributed by atoms with E-state index in [0.717, 1.165) is 34.3 Å². The molecule has 0 spiro atoms. The molecule has 0 aromatic carbocycles. The smallest absolute Gasteiger partial charge is 0.263 e. The van der Waals surface area contributed by atoms with Gasteiger partial charge in [-0.25, -0.2) is 4.98 Å². The Morgan fingerprint density at radius 2 is 2.00 bits per heavy atom. The number of thiophene rings is 1. The van der Waals surface area contributed by atoms with Crippen molar-refractivity contribution in [3.8, 4) is 0 Å². The number of pyridine rings is 1. The molecule has 21 heavy (non-hydrogen) atoms. The molecule has 0 bridgehead atoms. The van der Waals surface area contributed by atoms with E-state index in [-0.39, 0.29) is 11.9 Å². The van der Waals surface area contributed by atoms with Gasteiger partial charge in [-0.3, -0.25) is 4.79 Å². The summed E-state index contributed by atoms with van der Waals surface area (Å²) >= 11 is 13.9. The number of nitrogens with one attached hydrogen (secondary N) is 1. The standard InChI is InChI=1S/C15H14Cl2N2OS/c1-6-4-9(5-6)19-14(20)13-12(17)10-7(2)11(16)8(3)18-15(10)21-13/h9H,1,4-5H2,2-3H3,(H,19,20). The van der Waals surface area contributed by atoms with Crippen molar-refractivity contribution in [2.24, 2.45) is 0 Å². The number of halogens is 2. The zero-order chi connectivity index (χ0) is 15.3. The van der Waals surface area contributed by atoms with Crippen LogP contribution in [0.2, 0.25) is 10.0 Å². The molecule has 3 rings (SSSR count). The zero-order valence-corrected chi connectivity index (χ0v) is 14.0. The molecule has 1 aliphatic carbocycles. The molecule has 1 aliphatic rings. The molecule has 1 amide bonds. The lowest BCUT2D eigenvalue weighted by Crippen LogP contribution is -2.40. The van der Waals surface area contributed by atoms with E-state index in [9.17, 15) is 4.79 Å². The van der Waals surface area contributed by atoms with Crippen molar-refractivity contribution in [1.29, 1.82) is 0 Å². The normalized spacial score (nSPS) is 15.3. The largest absolute Gasteiger partial charge is 0.348 e. The summed E-state index contributed by atoms with van der Waals surface area (Å²) in [4.78, 5) is 18.0. The first-order valence-electron chi connectivity index (χ1n) is 6.60. The van der Waals surface area contributed by atoms with E-state index in [1.54, 1.807) is 0 Å². The molecule has 2 aromatic rings. The van der Waals surface area contributed by atoms with Gasteiger partial charge in [0.25, 0.3) is 5.91 Å². The lowest BCUT2D eigenvalue weighted by molar-refractivity contribution is 0.0933. The Kier molecular flexibility index (Phi) is 3.72. The summed E-state index contributed by atoms with van der Waals surface area (Å²) in [5.41, 5.74) is 2.79. The molecule has 0 saturated heterocycles. The lowest BCUT2D eigenvalue weighted by Gasteiger charge is -2.28. The Morgan fingerprint density at radius 3 is 2.62 bits per heavy atom. The van der Waals surface area contributed by atoms with Crippen LogP contribution in [-0.2, 0) is 0 Å². The molecule has 6 heteroatoms. The highest BCUT2D eigenvalue weighted by Gasteiger charge is 2.27. The van der Waals surface area contributed by atoms with E-state index in [0.29, 0.717) is 14.9 Å². The maximum atomic E-state index is 12.4. The van der Waals surface area contributed by atoms with Crippen molar-refractivity contribution in [3.63, 3.8) is 0 Å². The molecular weight excluding hydrogens is 327 g/mol. The Morgan fingerprint density at radius 1 is 1.33 bits per heavy atom. The van der Waals surface area contributed by atoms with Gasteiger partial charge in [0.05, 0.1) is 15.7 Å². The number of amides is 1. The zero-order valence-electron chi connectivity index (χ0n) is 11.7. The van der Waals surface area contributed by atoms with Crippen LogP contribution in [0.3, 0.4) is 0 Å². The number of carbonyl (C=O) groups is 1. The van der Waals surface area contributed by atoms with Gasteiger partial charge in [0.1, 0.15) is 9.71 Å². The van der Waals surface area contributed by atoms with Gasteiger partial charge in [-0.1, -0.05) is 35.4 Å². The number of hydrogen-bond acceptors (Lipinski definition) is 3. The van der Waals surface area contributed by atoms with Crippen LogP contribution in [0.1, 0.15) is 33.8 Å². The summed E-state index contributed by atoms with van der Waals surface area (Å²) in [5.74, 6) is -0.145. The molecule has 1 saturated carbocycles. The molecule has 3 nitrogen and oxygen atoms in total. The Balaban J connectivity index is 2.00. The highest BCUT2D eigenvalue weighted by Crippen LogP contribution is 2.39. The average Bonchev–Trinajstić information content (AvgIpc) is 2.71. The number of aromatic nitrogens is 1. The second-order valence-electron chi connectivity index (χ2n) is 5.39. The van der Waals surface area contributed by atoms with E-state index in [2.05, 4.69) is 16.9 Å². The summed E-state index contributed by atoms with van der Waals surface area (Å²) in [7, 11) is 0. The molecule has 2 heterocycles. The molecule has 0 unspecified atom stereocenters. The van der Waals surface area contributed by atoms with E-state index < -0.39 is 0 Å². The number of carbonyl (C=O) groups excluding carboxylic acids is 1. The topological polar surface area (TPSA) is 42.0 Å². The minimum absolute atomic E-state index is 0.145. The highest BCUT2D eigenvalue weighted by atomic mass is 35.5. The molecule has 1 N–H and O–H groups in total. The van der Waals surface area contributed by atoms with Crippen LogP contribution in [0.4, 0.5) is 0 Å². The third-order valence-corrected chi connectivity index (χ3v) is 5.86. The molecule has 1 fully saturated rings. The number of rotatable bonds is 2. The molecule has 0 atom stereocenters. The fraction of sp³-hybridized carbons (Fsp3) is 0.333. The van der Waals surface area contributed by atoms with Gasteiger partial charge < -0.3 is 5.32 Å². The SMILES string of the molecule is C=C1CC(NC(=O)c2sc3nc(C)c(Cl)c(C)c3c2Cl)C1. The molecular formula is C15H14Cl2N2OS. The predicted molar refractivity (Wildman–Crippen MR) is 88.7 cm³/mol. The Labute approximate surface area is 137 Å². The molecule has 110 valence electrons. The quantitative estimate of drug-likeness (QED) is 0.807. The van der Waals surface area contributed by atoms with Crippen LogP contribution in [0.15, 0.2) is 12.2 Å². The van der Waals surface area contributed by atoms with Crippen LogP contribution >= 0.6 is 34.5 Å². The third-order valence-electron chi connectivity index (χ3n) is 3.73. The van der Waals surface area contributed by atoms with Crippen molar-refractivity contribution >= 4 is 50.7 Å². The summed E-state index contributed by atoms with van der Waals surface area (Å²) in [6.45, 7) is 7.62. The van der Waals surface area contributed by atoms with Crippen LogP contribution in [-0.4, -0.2) is 16.9 Å². The number of aryl methyl sites for hydroxylation is 2. The van der Waals surface area contributed by atoms with Crippen molar-refractivity contribution in [1.82, 2.24) is 10.3 Å². The van der Waals surface area contributed by atoms with Crippen LogP contribution < -0.4 is 5.32 Å². The maximum Gasteiger partial charge on any atom is 0.263 e. The monoisotopic (exact) mass is 340 g/mol. The highest BCUT2D eigenvalue weighted by molar-refractivity contribution is 7.21. The van der Waals surface area contributed by atoms with Gasteiger partial charge in [-0.15, -0.1) is 11.3 Å². The Bertz CT molecular complexity index is 774. The van der Waals surface area contributed by atoms with E-state index in [4.69, 9.17) is 23.2 Å². The number of nitrogens with zero attached hydrogens (tertiary/aromatic N) is 1. The number of fused-ring (bicyclic) bond motifs is 1. The first kappa shape index (κ1) is 14.8. The first-order chi connectivity index (χ1) is 9.88. The van der Waals surface area contributed by atoms with Crippen molar-refractivity contribution in [2.75, 3.05) is 0 Å². The van der Waals surface area contributed by atoms with Gasteiger partial charge in [-0.05, 0) is 32.3 Å². The fourth-order valence-electron chi connectivity index (χ4n) is 2.52. The Hall–Kier alpha value is -1.10. The van der Waals surface area contributed by atoms with Crippen molar-refractivity contribution in [2.45, 2.75) is 32.7 Å². The molecule has 0 aliphatic heterocycles. The van der Waals surface area contributed by atoms with E-state index in [1.807, 2.05) is 13.8 Å². The maximum absolute atomic E-state index is 12.4. The van der Waals surface area contributed by atoms with Gasteiger partial charge in [0, 0.05) is 11.4 Å². The summed E-state index contributed by atoms with van der Waals surface area (Å²) in [6, 6.07) is 0.172. The van der Waals surface area contributed by atoms with Crippen LogP contribution in [0.25, 0.3) is 10.2 Å². The third kappa shape index (κ3) is 2.45. The predicted octanol–water partition coefficient (Wildman–Crippen LogP) is 4.67. The minimum atomic E-state index is -0.145. The van der Waals surface area contributed by atoms with E-state index in [1.165, 1.54) is 16.9 Å². The molecule has 0 radical (unpaired) electrons. The molecule has 2 aromatic heterocycles. The second kappa shape index (κ2) is 5.27. The van der Waals surface area contributed by atoms with Crippen molar-refractivity contribution in [3.05, 3.63) is 38.3 Å². The van der Waals surface area contributed by atoms with Crippen LogP contribution in [0, 0.1) is 13.8 Å². The van der Waals surface area contributed by atoms with Gasteiger partial charge in [0.2, 0.25) is 0 Å². The summed E-state index contributed by atoms with van der Waals surface area (Å²) in [5, 5.41) is 4.80. The fourth-order valence-corrected chi connectivity index (χ4v) is 4.22. The minimum Gasteiger partial charge on any atom is -0.348 e. The summed E-state index contributed by atoms with van der Waals surface area (Å²) in [6.07, 6.45) is 1.69. The summed E-state index contributed by atoms with van der Waals surface area (Å²) < 4.78 is 0. The van der Waals surface area contributed by atoms with Gasteiger partial charge in [0.15, 0.2) is 0 Å².